The van der Waals surface area contributed by atoms with E-state index in [-0.39, 0.29) is 6.61 Å². The molecule has 1 aromatic heterocycles. The Labute approximate surface area is 55.8 Å². The molecule has 0 radical (unpaired) electrons. The third kappa shape index (κ3) is 1.15. The van der Waals surface area contributed by atoms with Crippen LogP contribution in [0.25, 0.3) is 0 Å². The van der Waals surface area contributed by atoms with Crippen molar-refractivity contribution < 1.29 is 5.11 Å². The first-order valence-corrected chi connectivity index (χ1v) is 3.33. The van der Waals surface area contributed by atoms with Gasteiger partial charge in [-0.05, 0) is 12.2 Å². The van der Waals surface area contributed by atoms with Crippen LogP contribution in [0.1, 0.15) is 4.88 Å². The summed E-state index contributed by atoms with van der Waals surface area (Å²) in [7, 11) is 0. The molecule has 0 unspecified atom stereocenters. The molecule has 2 N–H and O–H groups in total. The zero-order valence-electron chi connectivity index (χ0n) is 4.05. The van der Waals surface area contributed by atoms with Crippen LogP contribution in [0.15, 0.2) is 6.20 Å². The monoisotopic (exact) mass is 147 g/mol. The molecule has 1 aromatic rings. The third-order valence-corrected chi connectivity index (χ3v) is 1.91. The highest BCUT2D eigenvalue weighted by Crippen LogP contribution is 2.06. The van der Waals surface area contributed by atoms with E-state index in [0.29, 0.717) is 3.95 Å². The fraction of sp³-hybridized carbons (Fsp3) is 0.250. The Bertz CT molecular complexity index is 214. The first-order valence-electron chi connectivity index (χ1n) is 2.11. The average molecular weight is 147 g/mol. The third-order valence-electron chi connectivity index (χ3n) is 0.731. The van der Waals surface area contributed by atoms with E-state index in [4.69, 9.17) is 17.3 Å². The first-order chi connectivity index (χ1) is 3.83. The van der Waals surface area contributed by atoms with E-state index in [0.717, 1.165) is 4.88 Å². The number of hydrogen-bond donors (Lipinski definition) is 2. The van der Waals surface area contributed by atoms with Gasteiger partial charge in [-0.1, -0.05) is 0 Å². The van der Waals surface area contributed by atoms with Gasteiger partial charge in [-0.3, -0.25) is 0 Å². The molecule has 0 bridgehead atoms. The van der Waals surface area contributed by atoms with Gasteiger partial charge < -0.3 is 10.1 Å². The molecule has 1 rings (SSSR count). The van der Waals surface area contributed by atoms with Gasteiger partial charge in [0.05, 0.1) is 6.61 Å². The highest BCUT2D eigenvalue weighted by Gasteiger charge is 1.88. The Kier molecular flexibility index (Phi) is 1.77. The molecule has 0 atom stereocenters. The molecule has 0 aromatic carbocycles. The summed E-state index contributed by atoms with van der Waals surface area (Å²) in [5.41, 5.74) is 0. The number of aromatic amines is 1. The molecule has 0 amide bonds. The summed E-state index contributed by atoms with van der Waals surface area (Å²) in [6, 6.07) is 0. The number of rotatable bonds is 1. The summed E-state index contributed by atoms with van der Waals surface area (Å²) in [6.45, 7) is 0.0812. The van der Waals surface area contributed by atoms with E-state index in [9.17, 15) is 0 Å². The minimum absolute atomic E-state index is 0.0812. The van der Waals surface area contributed by atoms with Gasteiger partial charge in [-0.2, -0.15) is 0 Å². The Morgan fingerprint density at radius 1 is 1.88 bits per heavy atom. The topological polar surface area (TPSA) is 36.0 Å². The van der Waals surface area contributed by atoms with E-state index in [1.54, 1.807) is 6.20 Å². The highest BCUT2D eigenvalue weighted by atomic mass is 32.1. The predicted molar refractivity (Wildman–Crippen MR) is 35.4 cm³/mol. The molecule has 8 heavy (non-hydrogen) atoms. The molecule has 0 spiro atoms. The van der Waals surface area contributed by atoms with Crippen LogP contribution in [0.5, 0.6) is 0 Å². The second kappa shape index (κ2) is 2.39. The van der Waals surface area contributed by atoms with Crippen molar-refractivity contribution in [1.29, 1.82) is 0 Å². The molecule has 4 heteroatoms. The van der Waals surface area contributed by atoms with Gasteiger partial charge in [0.1, 0.15) is 0 Å². The predicted octanol–water partition coefficient (Wildman–Crippen LogP) is 1.30. The lowest BCUT2D eigenvalue weighted by Gasteiger charge is -1.77. The Morgan fingerprint density at radius 2 is 2.62 bits per heavy atom. The van der Waals surface area contributed by atoms with Gasteiger partial charge in [0.25, 0.3) is 0 Å². The smallest absolute Gasteiger partial charge is 0.158 e. The number of hydrogen-bond acceptors (Lipinski definition) is 3. The maximum Gasteiger partial charge on any atom is 0.158 e. The van der Waals surface area contributed by atoms with Crippen LogP contribution in [0.2, 0.25) is 0 Å². The van der Waals surface area contributed by atoms with Crippen molar-refractivity contribution in [2.75, 3.05) is 0 Å². The fourth-order valence-corrected chi connectivity index (χ4v) is 1.31. The average Bonchev–Trinajstić information content (AvgIpc) is 2.14. The molecule has 2 nitrogen and oxygen atoms in total. The van der Waals surface area contributed by atoms with Crippen molar-refractivity contribution in [3.63, 3.8) is 0 Å². The van der Waals surface area contributed by atoms with Crippen LogP contribution < -0.4 is 0 Å². The van der Waals surface area contributed by atoms with Gasteiger partial charge in [0, 0.05) is 11.1 Å². The van der Waals surface area contributed by atoms with Crippen LogP contribution in [-0.2, 0) is 6.61 Å². The maximum absolute atomic E-state index is 8.50. The molecule has 1 heterocycles. The molecule has 0 aliphatic carbocycles. The summed E-state index contributed by atoms with van der Waals surface area (Å²) in [5.74, 6) is 0. The van der Waals surface area contributed by atoms with Crippen LogP contribution in [0, 0.1) is 3.95 Å². The van der Waals surface area contributed by atoms with Gasteiger partial charge in [-0.25, -0.2) is 0 Å². The van der Waals surface area contributed by atoms with E-state index >= 15 is 0 Å². The molecular weight excluding hydrogens is 142 g/mol. The van der Waals surface area contributed by atoms with Gasteiger partial charge >= 0.3 is 0 Å². The molecular formula is C4H5NOS2. The SMILES string of the molecule is OCc1c[nH]c(=S)s1. The van der Waals surface area contributed by atoms with E-state index in [2.05, 4.69) is 4.98 Å². The molecule has 0 aliphatic rings. The van der Waals surface area contributed by atoms with Crippen molar-refractivity contribution in [1.82, 2.24) is 4.98 Å². The molecule has 0 fully saturated rings. The Balaban J connectivity index is 3.01. The van der Waals surface area contributed by atoms with Crippen LogP contribution in [0.3, 0.4) is 0 Å². The summed E-state index contributed by atoms with van der Waals surface area (Å²) in [6.07, 6.45) is 1.72. The van der Waals surface area contributed by atoms with Crippen LogP contribution in [0.4, 0.5) is 0 Å². The molecule has 0 saturated carbocycles. The number of aliphatic hydroxyl groups is 1. The number of aromatic nitrogens is 1. The lowest BCUT2D eigenvalue weighted by molar-refractivity contribution is 0.285. The van der Waals surface area contributed by atoms with Crippen molar-refractivity contribution in [2.24, 2.45) is 0 Å². The lowest BCUT2D eigenvalue weighted by atomic mass is 10.6. The first kappa shape index (κ1) is 5.94. The summed E-state index contributed by atoms with van der Waals surface area (Å²) in [5, 5.41) is 8.50. The summed E-state index contributed by atoms with van der Waals surface area (Å²) < 4.78 is 0.717. The largest absolute Gasteiger partial charge is 0.391 e. The Morgan fingerprint density at radius 3 is 2.88 bits per heavy atom. The maximum atomic E-state index is 8.50. The van der Waals surface area contributed by atoms with E-state index in [1.807, 2.05) is 0 Å². The number of thiazole rings is 1. The van der Waals surface area contributed by atoms with E-state index in [1.165, 1.54) is 11.3 Å². The zero-order valence-corrected chi connectivity index (χ0v) is 5.68. The van der Waals surface area contributed by atoms with Gasteiger partial charge in [0.15, 0.2) is 3.95 Å². The highest BCUT2D eigenvalue weighted by molar-refractivity contribution is 7.73. The standard InChI is InChI=1S/C4H5NOS2/c6-2-3-1-5-4(7)8-3/h1,6H,2H2,(H,5,7). The van der Waals surface area contributed by atoms with Gasteiger partial charge in [0.2, 0.25) is 0 Å². The van der Waals surface area contributed by atoms with Crippen LogP contribution >= 0.6 is 23.6 Å². The molecule has 0 aliphatic heterocycles. The molecule has 44 valence electrons. The minimum Gasteiger partial charge on any atom is -0.391 e. The lowest BCUT2D eigenvalue weighted by Crippen LogP contribution is -1.70. The fourth-order valence-electron chi connectivity index (χ4n) is 0.395. The summed E-state index contributed by atoms with van der Waals surface area (Å²) in [4.78, 5) is 3.68. The van der Waals surface area contributed by atoms with Crippen molar-refractivity contribution in [3.05, 3.63) is 15.0 Å². The zero-order chi connectivity index (χ0) is 5.98. The minimum atomic E-state index is 0.0812. The van der Waals surface area contributed by atoms with Crippen molar-refractivity contribution in [3.8, 4) is 0 Å². The Hall–Kier alpha value is -0.190. The van der Waals surface area contributed by atoms with Crippen molar-refractivity contribution in [2.45, 2.75) is 6.61 Å². The normalized spacial score (nSPS) is 9.62. The van der Waals surface area contributed by atoms with E-state index < -0.39 is 0 Å². The second-order valence-corrected chi connectivity index (χ2v) is 3.11. The molecule has 0 saturated heterocycles. The second-order valence-electron chi connectivity index (χ2n) is 1.30. The van der Waals surface area contributed by atoms with Crippen LogP contribution in [-0.4, -0.2) is 10.1 Å². The number of nitrogens with one attached hydrogen (secondary N) is 1. The van der Waals surface area contributed by atoms with Gasteiger partial charge in [-0.15, -0.1) is 11.3 Å². The van der Waals surface area contributed by atoms with Crippen molar-refractivity contribution >= 4 is 23.6 Å². The number of H-pyrrole nitrogens is 1. The quantitative estimate of drug-likeness (QED) is 0.587. The number of aliphatic hydroxyl groups excluding tert-OH is 1. The summed E-state index contributed by atoms with van der Waals surface area (Å²) >= 11 is 6.15.